The highest BCUT2D eigenvalue weighted by Gasteiger charge is 2.32. The zero-order valence-electron chi connectivity index (χ0n) is 12.8. The number of para-hydroxylation sites is 1. The fraction of sp³-hybridized carbons (Fsp3) is 0.647. The molecule has 3 heteroatoms. The van der Waals surface area contributed by atoms with Gasteiger partial charge in [-0.15, -0.1) is 0 Å². The molecule has 20 heavy (non-hydrogen) atoms. The van der Waals surface area contributed by atoms with Crippen molar-refractivity contribution in [1.29, 1.82) is 0 Å². The maximum Gasteiger partial charge on any atom is 0.146 e. The second-order valence-corrected chi connectivity index (χ2v) is 6.05. The number of halogens is 1. The minimum absolute atomic E-state index is 0.219. The lowest BCUT2D eigenvalue weighted by atomic mass is 9.74. The number of benzene rings is 1. The average Bonchev–Trinajstić information content (AvgIpc) is 2.47. The molecule has 2 nitrogen and oxygen atoms in total. The first kappa shape index (κ1) is 15.3. The second-order valence-electron chi connectivity index (χ2n) is 6.05. The summed E-state index contributed by atoms with van der Waals surface area (Å²) in [6.45, 7) is 7.96. The topological polar surface area (TPSA) is 23.5 Å². The van der Waals surface area contributed by atoms with Crippen LogP contribution in [0.15, 0.2) is 18.2 Å². The van der Waals surface area contributed by atoms with E-state index in [2.05, 4.69) is 18.7 Å². The summed E-state index contributed by atoms with van der Waals surface area (Å²) in [5, 5.41) is 9.86. The highest BCUT2D eigenvalue weighted by atomic mass is 19.1. The highest BCUT2D eigenvalue weighted by molar-refractivity contribution is 5.56. The summed E-state index contributed by atoms with van der Waals surface area (Å²) in [4.78, 5) is 2.11. The Morgan fingerprint density at radius 1 is 1.25 bits per heavy atom. The third kappa shape index (κ3) is 2.83. The Balaban J connectivity index is 2.23. The number of nitrogens with zero attached hydrogens (tertiary/aromatic N) is 1. The molecule has 0 amide bonds. The van der Waals surface area contributed by atoms with E-state index in [0.29, 0.717) is 16.7 Å². The van der Waals surface area contributed by atoms with Crippen molar-refractivity contribution in [2.75, 3.05) is 18.0 Å². The van der Waals surface area contributed by atoms with Gasteiger partial charge in [-0.25, -0.2) is 4.39 Å². The van der Waals surface area contributed by atoms with E-state index >= 15 is 0 Å². The Morgan fingerprint density at radius 2 is 1.85 bits per heavy atom. The molecule has 2 rings (SSSR count). The Labute approximate surface area is 121 Å². The van der Waals surface area contributed by atoms with Gasteiger partial charge in [0.1, 0.15) is 5.82 Å². The summed E-state index contributed by atoms with van der Waals surface area (Å²) < 4.78 is 14.2. The minimum atomic E-state index is -0.635. The largest absolute Gasteiger partial charge is 0.389 e. The molecule has 0 radical (unpaired) electrons. The van der Waals surface area contributed by atoms with Gasteiger partial charge in [-0.05, 0) is 31.2 Å². The molecule has 0 bridgehead atoms. The van der Waals surface area contributed by atoms with Crippen molar-refractivity contribution in [3.63, 3.8) is 0 Å². The summed E-state index contributed by atoms with van der Waals surface area (Å²) in [5.41, 5.74) is 1.72. The molecule has 0 aromatic heterocycles. The Kier molecular flexibility index (Phi) is 4.69. The van der Waals surface area contributed by atoms with E-state index in [9.17, 15) is 9.50 Å². The van der Waals surface area contributed by atoms with Crippen molar-refractivity contribution in [2.45, 2.75) is 52.6 Å². The first-order valence-electron chi connectivity index (χ1n) is 7.74. The summed E-state index contributed by atoms with van der Waals surface area (Å²) in [6, 6.07) is 4.99. The van der Waals surface area contributed by atoms with Gasteiger partial charge in [0.15, 0.2) is 0 Å². The molecule has 0 saturated carbocycles. The lowest BCUT2D eigenvalue weighted by Gasteiger charge is -2.42. The quantitative estimate of drug-likeness (QED) is 0.889. The molecule has 0 unspecified atom stereocenters. The normalized spacial score (nSPS) is 19.9. The van der Waals surface area contributed by atoms with Crippen LogP contribution in [-0.4, -0.2) is 18.2 Å². The summed E-state index contributed by atoms with van der Waals surface area (Å²) in [7, 11) is 0. The third-order valence-corrected chi connectivity index (χ3v) is 5.11. The van der Waals surface area contributed by atoms with Crippen LogP contribution in [0.2, 0.25) is 0 Å². The monoisotopic (exact) mass is 279 g/mol. The van der Waals surface area contributed by atoms with Gasteiger partial charge < -0.3 is 10.0 Å². The van der Waals surface area contributed by atoms with E-state index in [1.807, 2.05) is 6.07 Å². The smallest absolute Gasteiger partial charge is 0.146 e. The van der Waals surface area contributed by atoms with Crippen LogP contribution in [-0.2, 0) is 0 Å². The molecule has 1 aliphatic rings. The highest BCUT2D eigenvalue weighted by Crippen LogP contribution is 2.40. The molecule has 0 aliphatic carbocycles. The predicted octanol–water partition coefficient (Wildman–Crippen LogP) is 4.29. The van der Waals surface area contributed by atoms with Crippen molar-refractivity contribution < 1.29 is 9.50 Å². The molecule has 1 N–H and O–H groups in total. The number of aliphatic hydroxyl groups is 1. The Bertz CT molecular complexity index is 444. The number of anilines is 1. The SMILES string of the molecule is CCC1(CC)CCN(c2c(F)cccc2[C@@H](C)O)CC1. The fourth-order valence-corrected chi connectivity index (χ4v) is 3.36. The molecule has 1 aliphatic heterocycles. The molecule has 0 spiro atoms. The molecular weight excluding hydrogens is 253 g/mol. The predicted molar refractivity (Wildman–Crippen MR) is 81.5 cm³/mol. The number of aliphatic hydroxyl groups excluding tert-OH is 1. The van der Waals surface area contributed by atoms with Crippen LogP contribution in [0.3, 0.4) is 0 Å². The third-order valence-electron chi connectivity index (χ3n) is 5.11. The van der Waals surface area contributed by atoms with Gasteiger partial charge in [-0.3, -0.25) is 0 Å². The van der Waals surface area contributed by atoms with Crippen molar-refractivity contribution in [3.8, 4) is 0 Å². The molecule has 1 heterocycles. The molecule has 1 aromatic rings. The molecule has 1 fully saturated rings. The molecular formula is C17H26FNO. The average molecular weight is 279 g/mol. The number of hydrogen-bond acceptors (Lipinski definition) is 2. The van der Waals surface area contributed by atoms with Crippen LogP contribution in [0.5, 0.6) is 0 Å². The van der Waals surface area contributed by atoms with Gasteiger partial charge in [0.05, 0.1) is 11.8 Å². The molecule has 112 valence electrons. The van der Waals surface area contributed by atoms with E-state index in [-0.39, 0.29) is 5.82 Å². The summed E-state index contributed by atoms with van der Waals surface area (Å²) >= 11 is 0. The van der Waals surface area contributed by atoms with Crippen LogP contribution in [0, 0.1) is 11.2 Å². The van der Waals surface area contributed by atoms with Crippen LogP contribution >= 0.6 is 0 Å². The maximum atomic E-state index is 14.2. The van der Waals surface area contributed by atoms with E-state index in [4.69, 9.17) is 0 Å². The van der Waals surface area contributed by atoms with Gasteiger partial charge in [0.2, 0.25) is 0 Å². The second kappa shape index (κ2) is 6.13. The lowest BCUT2D eigenvalue weighted by molar-refractivity contribution is 0.192. The van der Waals surface area contributed by atoms with Gasteiger partial charge in [-0.1, -0.05) is 38.8 Å². The van der Waals surface area contributed by atoms with Crippen molar-refractivity contribution in [2.24, 2.45) is 5.41 Å². The first-order valence-corrected chi connectivity index (χ1v) is 7.74. The van der Waals surface area contributed by atoms with E-state index in [1.54, 1.807) is 13.0 Å². The number of rotatable bonds is 4. The fourth-order valence-electron chi connectivity index (χ4n) is 3.36. The minimum Gasteiger partial charge on any atom is -0.389 e. The van der Waals surface area contributed by atoms with Crippen LogP contribution < -0.4 is 4.90 Å². The molecule has 1 saturated heterocycles. The standard InChI is InChI=1S/C17H26FNO/c1-4-17(5-2)9-11-19(12-10-17)16-14(13(3)20)7-6-8-15(16)18/h6-8,13,20H,4-5,9-12H2,1-3H3/t13-/m1/s1. The van der Waals surface area contributed by atoms with Crippen LogP contribution in [0.25, 0.3) is 0 Å². The van der Waals surface area contributed by atoms with E-state index in [1.165, 1.54) is 18.9 Å². The molecule has 1 aromatic carbocycles. The van der Waals surface area contributed by atoms with Crippen molar-refractivity contribution in [1.82, 2.24) is 0 Å². The first-order chi connectivity index (χ1) is 9.53. The number of piperidine rings is 1. The lowest BCUT2D eigenvalue weighted by Crippen LogP contribution is -2.40. The maximum absolute atomic E-state index is 14.2. The van der Waals surface area contributed by atoms with Crippen molar-refractivity contribution >= 4 is 5.69 Å². The zero-order valence-corrected chi connectivity index (χ0v) is 12.8. The van der Waals surface area contributed by atoms with E-state index < -0.39 is 6.10 Å². The Morgan fingerprint density at radius 3 is 2.35 bits per heavy atom. The number of hydrogen-bond donors (Lipinski definition) is 1. The van der Waals surface area contributed by atoms with Crippen LogP contribution in [0.4, 0.5) is 10.1 Å². The van der Waals surface area contributed by atoms with Crippen LogP contribution in [0.1, 0.15) is 58.1 Å². The van der Waals surface area contributed by atoms with Gasteiger partial charge in [0.25, 0.3) is 0 Å². The molecule has 1 atom stereocenters. The summed E-state index contributed by atoms with van der Waals surface area (Å²) in [6.07, 6.45) is 3.96. The van der Waals surface area contributed by atoms with E-state index in [0.717, 1.165) is 25.9 Å². The summed E-state index contributed by atoms with van der Waals surface area (Å²) in [5.74, 6) is -0.219. The van der Waals surface area contributed by atoms with Gasteiger partial charge in [-0.2, -0.15) is 0 Å². The zero-order chi connectivity index (χ0) is 14.8. The van der Waals surface area contributed by atoms with Gasteiger partial charge in [0, 0.05) is 18.7 Å². The van der Waals surface area contributed by atoms with Crippen molar-refractivity contribution in [3.05, 3.63) is 29.6 Å². The van der Waals surface area contributed by atoms with Gasteiger partial charge >= 0.3 is 0 Å². The Hall–Kier alpha value is -1.09.